The molecule has 2 atom stereocenters. The average Bonchev–Trinajstić information content (AvgIpc) is 2.33. The van der Waals surface area contributed by atoms with Gasteiger partial charge in [-0.2, -0.15) is 0 Å². The molecule has 0 amide bonds. The predicted molar refractivity (Wildman–Crippen MR) is 67.6 cm³/mol. The van der Waals surface area contributed by atoms with Crippen molar-refractivity contribution in [3.8, 4) is 0 Å². The number of hydrogen-bond acceptors (Lipinski definition) is 4. The summed E-state index contributed by atoms with van der Waals surface area (Å²) in [6.07, 6.45) is 0.471. The molecule has 3 N–H and O–H groups in total. The van der Waals surface area contributed by atoms with Gasteiger partial charge in [0, 0.05) is 18.6 Å². The highest BCUT2D eigenvalue weighted by atomic mass is 16.3. The largest absolute Gasteiger partial charge is 0.394 e. The van der Waals surface area contributed by atoms with Crippen LogP contribution in [0.5, 0.6) is 0 Å². The Morgan fingerprint density at radius 3 is 2.19 bits per heavy atom. The third kappa shape index (κ3) is 5.80. The van der Waals surface area contributed by atoms with Gasteiger partial charge in [-0.15, -0.1) is 0 Å². The fourth-order valence-electron chi connectivity index (χ4n) is 1.50. The van der Waals surface area contributed by atoms with Gasteiger partial charge in [0.05, 0.1) is 12.7 Å². The van der Waals surface area contributed by atoms with Crippen molar-refractivity contribution in [1.82, 2.24) is 10.2 Å². The van der Waals surface area contributed by atoms with Gasteiger partial charge in [-0.05, 0) is 26.4 Å². The van der Waals surface area contributed by atoms with Gasteiger partial charge in [0.1, 0.15) is 0 Å². The van der Waals surface area contributed by atoms with E-state index < -0.39 is 0 Å². The summed E-state index contributed by atoms with van der Waals surface area (Å²) in [5.41, 5.74) is -0.274. The molecule has 0 bridgehead atoms. The normalized spacial score (nSPS) is 17.4. The second-order valence-electron chi connectivity index (χ2n) is 4.59. The Morgan fingerprint density at radius 2 is 1.81 bits per heavy atom. The van der Waals surface area contributed by atoms with E-state index in [4.69, 9.17) is 0 Å². The highest BCUT2D eigenvalue weighted by Crippen LogP contribution is 2.07. The molecule has 0 heterocycles. The van der Waals surface area contributed by atoms with E-state index in [1.807, 2.05) is 13.8 Å². The first-order chi connectivity index (χ1) is 7.51. The zero-order chi connectivity index (χ0) is 12.6. The predicted octanol–water partition coefficient (Wildman–Crippen LogP) is 0.440. The highest BCUT2D eigenvalue weighted by Gasteiger charge is 2.21. The van der Waals surface area contributed by atoms with Crippen molar-refractivity contribution in [3.05, 3.63) is 0 Å². The van der Waals surface area contributed by atoms with E-state index in [0.29, 0.717) is 13.1 Å². The Morgan fingerprint density at radius 1 is 1.25 bits per heavy atom. The number of nitrogens with zero attached hydrogens (tertiary/aromatic N) is 1. The first-order valence-corrected chi connectivity index (χ1v) is 6.27. The summed E-state index contributed by atoms with van der Waals surface area (Å²) in [4.78, 5) is 2.19. The van der Waals surface area contributed by atoms with Gasteiger partial charge in [-0.25, -0.2) is 0 Å². The van der Waals surface area contributed by atoms with E-state index in [1.165, 1.54) is 0 Å². The molecule has 98 valence electrons. The molecule has 0 aliphatic rings. The van der Waals surface area contributed by atoms with E-state index in [2.05, 4.69) is 24.1 Å². The number of nitrogens with one attached hydrogen (secondary N) is 1. The highest BCUT2D eigenvalue weighted by molar-refractivity contribution is 4.82. The van der Waals surface area contributed by atoms with Crippen LogP contribution in [0.3, 0.4) is 0 Å². The van der Waals surface area contributed by atoms with Crippen molar-refractivity contribution in [2.75, 3.05) is 32.8 Å². The molecule has 0 saturated heterocycles. The van der Waals surface area contributed by atoms with Crippen LogP contribution in [0, 0.1) is 0 Å². The smallest absolute Gasteiger partial charge is 0.0791 e. The van der Waals surface area contributed by atoms with Crippen molar-refractivity contribution in [2.45, 2.75) is 45.8 Å². The molecule has 0 radical (unpaired) electrons. The third-order valence-electron chi connectivity index (χ3n) is 3.26. The average molecular weight is 232 g/mol. The van der Waals surface area contributed by atoms with E-state index in [0.717, 1.165) is 19.5 Å². The van der Waals surface area contributed by atoms with Crippen LogP contribution in [0.4, 0.5) is 0 Å². The van der Waals surface area contributed by atoms with E-state index in [9.17, 15) is 10.2 Å². The summed E-state index contributed by atoms with van der Waals surface area (Å²) in [6, 6.07) is 0. The van der Waals surface area contributed by atoms with Crippen molar-refractivity contribution in [3.63, 3.8) is 0 Å². The zero-order valence-electron chi connectivity index (χ0n) is 11.2. The van der Waals surface area contributed by atoms with Crippen molar-refractivity contribution < 1.29 is 10.2 Å². The van der Waals surface area contributed by atoms with Crippen LogP contribution in [-0.2, 0) is 0 Å². The minimum absolute atomic E-state index is 0.0987. The summed E-state index contributed by atoms with van der Waals surface area (Å²) in [6.45, 7) is 11.4. The van der Waals surface area contributed by atoms with Crippen LogP contribution in [0.15, 0.2) is 0 Å². The first kappa shape index (κ1) is 15.8. The van der Waals surface area contributed by atoms with E-state index >= 15 is 0 Å². The summed E-state index contributed by atoms with van der Waals surface area (Å²) in [5, 5.41) is 22.3. The fraction of sp³-hybridized carbons (Fsp3) is 1.00. The Kier molecular flexibility index (Phi) is 7.93. The molecular weight excluding hydrogens is 204 g/mol. The van der Waals surface area contributed by atoms with Crippen LogP contribution in [-0.4, -0.2) is 59.5 Å². The number of aliphatic hydroxyl groups is 2. The van der Waals surface area contributed by atoms with Gasteiger partial charge < -0.3 is 20.4 Å². The van der Waals surface area contributed by atoms with Crippen LogP contribution in [0.1, 0.15) is 34.1 Å². The van der Waals surface area contributed by atoms with Crippen LogP contribution in [0.2, 0.25) is 0 Å². The first-order valence-electron chi connectivity index (χ1n) is 6.27. The molecule has 2 unspecified atom stereocenters. The topological polar surface area (TPSA) is 55.7 Å². The van der Waals surface area contributed by atoms with Gasteiger partial charge in [-0.1, -0.05) is 20.8 Å². The molecule has 4 nitrogen and oxygen atoms in total. The summed E-state index contributed by atoms with van der Waals surface area (Å²) >= 11 is 0. The third-order valence-corrected chi connectivity index (χ3v) is 3.26. The molecule has 0 saturated carbocycles. The summed E-state index contributed by atoms with van der Waals surface area (Å²) < 4.78 is 0. The Bertz CT molecular complexity index is 168. The van der Waals surface area contributed by atoms with E-state index in [-0.39, 0.29) is 18.2 Å². The molecule has 0 spiro atoms. The van der Waals surface area contributed by atoms with Crippen LogP contribution >= 0.6 is 0 Å². The lowest BCUT2D eigenvalue weighted by atomic mass is 10.00. The Balaban J connectivity index is 3.92. The van der Waals surface area contributed by atoms with Crippen LogP contribution < -0.4 is 5.32 Å². The fourth-order valence-corrected chi connectivity index (χ4v) is 1.50. The molecule has 0 aliphatic carbocycles. The van der Waals surface area contributed by atoms with Gasteiger partial charge in [0.2, 0.25) is 0 Å². The second-order valence-corrected chi connectivity index (χ2v) is 4.59. The molecule has 16 heavy (non-hydrogen) atoms. The molecular formula is C12H28N2O2. The molecule has 0 fully saturated rings. The lowest BCUT2D eigenvalue weighted by molar-refractivity contribution is 0.0948. The van der Waals surface area contributed by atoms with Gasteiger partial charge in [-0.3, -0.25) is 0 Å². The zero-order valence-corrected chi connectivity index (χ0v) is 11.2. The molecule has 0 aromatic rings. The summed E-state index contributed by atoms with van der Waals surface area (Å²) in [7, 11) is 0. The minimum atomic E-state index is -0.377. The van der Waals surface area contributed by atoms with E-state index in [1.54, 1.807) is 0 Å². The lowest BCUT2D eigenvalue weighted by Gasteiger charge is -2.30. The van der Waals surface area contributed by atoms with Gasteiger partial charge >= 0.3 is 0 Å². The van der Waals surface area contributed by atoms with Crippen molar-refractivity contribution in [1.29, 1.82) is 0 Å². The lowest BCUT2D eigenvalue weighted by Crippen LogP contribution is -2.50. The quantitative estimate of drug-likeness (QED) is 0.540. The standard InChI is InChI=1S/C12H28N2O2/c1-5-12(4,10-15)13-8-11(16)9-14(6-2)7-3/h11,13,15-16H,5-10H2,1-4H3. The molecule has 4 heteroatoms. The van der Waals surface area contributed by atoms with Crippen LogP contribution in [0.25, 0.3) is 0 Å². The monoisotopic (exact) mass is 232 g/mol. The van der Waals surface area contributed by atoms with Crippen molar-refractivity contribution >= 4 is 0 Å². The molecule has 0 aromatic heterocycles. The summed E-state index contributed by atoms with van der Waals surface area (Å²) in [5.74, 6) is 0. The number of hydrogen-bond donors (Lipinski definition) is 3. The molecule has 0 aliphatic heterocycles. The van der Waals surface area contributed by atoms with Crippen molar-refractivity contribution in [2.24, 2.45) is 0 Å². The maximum Gasteiger partial charge on any atom is 0.0791 e. The molecule has 0 rings (SSSR count). The number of β-amino-alcohol motifs (C(OH)–C–C–N with tert-alkyl or cyclic N) is 1. The number of rotatable bonds is 9. The SMILES string of the molecule is CCN(CC)CC(O)CNC(C)(CC)CO. The second kappa shape index (κ2) is 8.01. The van der Waals surface area contributed by atoms with Gasteiger partial charge in [0.25, 0.3) is 0 Å². The van der Waals surface area contributed by atoms with Gasteiger partial charge in [0.15, 0.2) is 0 Å². The minimum Gasteiger partial charge on any atom is -0.394 e. The maximum atomic E-state index is 9.85. The Hall–Kier alpha value is -0.160. The maximum absolute atomic E-state index is 9.85. The molecule has 0 aromatic carbocycles. The number of likely N-dealkylation sites (N-methyl/N-ethyl adjacent to an activating group) is 1. The Labute approximate surface area is 99.7 Å². The number of aliphatic hydroxyl groups excluding tert-OH is 2.